The molecule has 1 aliphatic carbocycles. The third kappa shape index (κ3) is 5.38. The van der Waals surface area contributed by atoms with Gasteiger partial charge in [0.1, 0.15) is 0 Å². The Kier molecular flexibility index (Phi) is 5.64. The molecular formula is C13H27N3. The summed E-state index contributed by atoms with van der Waals surface area (Å²) in [5.74, 6) is 2.09. The van der Waals surface area contributed by atoms with Crippen LogP contribution < -0.4 is 11.1 Å². The van der Waals surface area contributed by atoms with Crippen molar-refractivity contribution in [1.29, 1.82) is 0 Å². The molecule has 94 valence electrons. The highest BCUT2D eigenvalue weighted by Gasteiger charge is 2.16. The summed E-state index contributed by atoms with van der Waals surface area (Å²) in [7, 11) is 0. The van der Waals surface area contributed by atoms with E-state index in [4.69, 9.17) is 5.73 Å². The van der Waals surface area contributed by atoms with E-state index < -0.39 is 0 Å². The third-order valence-electron chi connectivity index (χ3n) is 3.24. The first-order valence-electron chi connectivity index (χ1n) is 6.64. The molecular weight excluding hydrogens is 198 g/mol. The Morgan fingerprint density at radius 2 is 2.06 bits per heavy atom. The summed E-state index contributed by atoms with van der Waals surface area (Å²) >= 11 is 0. The van der Waals surface area contributed by atoms with Crippen LogP contribution in [0.5, 0.6) is 0 Å². The second-order valence-corrected chi connectivity index (χ2v) is 5.57. The van der Waals surface area contributed by atoms with Gasteiger partial charge in [0, 0.05) is 12.6 Å². The zero-order valence-electron chi connectivity index (χ0n) is 11.0. The van der Waals surface area contributed by atoms with E-state index >= 15 is 0 Å². The van der Waals surface area contributed by atoms with E-state index in [2.05, 4.69) is 31.1 Å². The van der Waals surface area contributed by atoms with Gasteiger partial charge in [-0.3, -0.25) is 4.99 Å². The lowest BCUT2D eigenvalue weighted by Gasteiger charge is -2.17. The number of nitrogens with zero attached hydrogens (tertiary/aromatic N) is 1. The molecule has 3 heteroatoms. The lowest BCUT2D eigenvalue weighted by molar-refractivity contribution is 0.488. The summed E-state index contributed by atoms with van der Waals surface area (Å²) in [5, 5.41) is 3.36. The Morgan fingerprint density at radius 3 is 2.75 bits per heavy atom. The molecule has 2 atom stereocenters. The molecule has 3 nitrogen and oxygen atoms in total. The van der Waals surface area contributed by atoms with E-state index in [1.165, 1.54) is 32.1 Å². The molecule has 0 bridgehead atoms. The fourth-order valence-corrected chi connectivity index (χ4v) is 2.17. The second-order valence-electron chi connectivity index (χ2n) is 5.57. The van der Waals surface area contributed by atoms with Crippen LogP contribution in [0.1, 0.15) is 52.9 Å². The minimum atomic E-state index is 0.542. The SMILES string of the molecule is CC(C)CN=C(N)NC1CCCC(C)CC1. The van der Waals surface area contributed by atoms with Gasteiger partial charge >= 0.3 is 0 Å². The van der Waals surface area contributed by atoms with Crippen molar-refractivity contribution in [3.63, 3.8) is 0 Å². The molecule has 0 heterocycles. The largest absolute Gasteiger partial charge is 0.370 e. The van der Waals surface area contributed by atoms with Crippen LogP contribution in [0, 0.1) is 11.8 Å². The molecule has 0 aromatic heterocycles. The van der Waals surface area contributed by atoms with Crippen LogP contribution in [0.4, 0.5) is 0 Å². The van der Waals surface area contributed by atoms with E-state index in [0.717, 1.165) is 12.5 Å². The van der Waals surface area contributed by atoms with Crippen LogP contribution in [-0.4, -0.2) is 18.5 Å². The number of hydrogen-bond donors (Lipinski definition) is 2. The Hall–Kier alpha value is -0.730. The van der Waals surface area contributed by atoms with Gasteiger partial charge in [0.05, 0.1) is 0 Å². The van der Waals surface area contributed by atoms with Crippen molar-refractivity contribution in [2.24, 2.45) is 22.6 Å². The normalized spacial score (nSPS) is 27.9. The predicted octanol–water partition coefficient (Wildman–Crippen LogP) is 2.52. The van der Waals surface area contributed by atoms with Crippen LogP contribution in [0.3, 0.4) is 0 Å². The second kappa shape index (κ2) is 6.77. The number of rotatable bonds is 3. The lowest BCUT2D eigenvalue weighted by Crippen LogP contribution is -2.40. The zero-order valence-corrected chi connectivity index (χ0v) is 11.0. The zero-order chi connectivity index (χ0) is 12.0. The van der Waals surface area contributed by atoms with Gasteiger partial charge in [-0.15, -0.1) is 0 Å². The average molecular weight is 225 g/mol. The summed E-state index contributed by atoms with van der Waals surface area (Å²) < 4.78 is 0. The van der Waals surface area contributed by atoms with Crippen LogP contribution in [0.15, 0.2) is 4.99 Å². The summed E-state index contributed by atoms with van der Waals surface area (Å²) in [6.45, 7) is 7.48. The minimum absolute atomic E-state index is 0.542. The van der Waals surface area contributed by atoms with Gasteiger partial charge in [0.15, 0.2) is 5.96 Å². The molecule has 16 heavy (non-hydrogen) atoms. The highest BCUT2D eigenvalue weighted by atomic mass is 15.1. The molecule has 1 saturated carbocycles. The van der Waals surface area contributed by atoms with Crippen LogP contribution in [0.25, 0.3) is 0 Å². The smallest absolute Gasteiger partial charge is 0.188 e. The number of hydrogen-bond acceptors (Lipinski definition) is 1. The van der Waals surface area contributed by atoms with Gasteiger partial charge in [-0.05, 0) is 31.1 Å². The van der Waals surface area contributed by atoms with Crippen LogP contribution in [-0.2, 0) is 0 Å². The van der Waals surface area contributed by atoms with Crippen LogP contribution in [0.2, 0.25) is 0 Å². The molecule has 1 aliphatic rings. The van der Waals surface area contributed by atoms with Crippen LogP contribution >= 0.6 is 0 Å². The van der Waals surface area contributed by atoms with E-state index in [1.807, 2.05) is 0 Å². The van der Waals surface area contributed by atoms with Crippen molar-refractivity contribution < 1.29 is 0 Å². The molecule has 0 aromatic carbocycles. The number of nitrogens with two attached hydrogens (primary N) is 1. The Bertz CT molecular complexity index is 223. The number of nitrogens with one attached hydrogen (secondary N) is 1. The highest BCUT2D eigenvalue weighted by Crippen LogP contribution is 2.22. The van der Waals surface area contributed by atoms with Gasteiger partial charge in [-0.25, -0.2) is 0 Å². The van der Waals surface area contributed by atoms with Crippen molar-refractivity contribution in [2.75, 3.05) is 6.54 Å². The first kappa shape index (κ1) is 13.3. The topological polar surface area (TPSA) is 50.4 Å². The number of aliphatic imine (C=N–C) groups is 1. The van der Waals surface area contributed by atoms with E-state index in [-0.39, 0.29) is 0 Å². The van der Waals surface area contributed by atoms with Crippen molar-refractivity contribution in [1.82, 2.24) is 5.32 Å². The standard InChI is InChI=1S/C13H27N3/c1-10(2)9-15-13(14)16-12-6-4-5-11(3)7-8-12/h10-12H,4-9H2,1-3H3,(H3,14,15,16). The monoisotopic (exact) mass is 225 g/mol. The summed E-state index contributed by atoms with van der Waals surface area (Å²) in [5.41, 5.74) is 5.88. The first-order valence-corrected chi connectivity index (χ1v) is 6.64. The predicted molar refractivity (Wildman–Crippen MR) is 70.5 cm³/mol. The fourth-order valence-electron chi connectivity index (χ4n) is 2.17. The quantitative estimate of drug-likeness (QED) is 0.440. The molecule has 2 unspecified atom stereocenters. The highest BCUT2D eigenvalue weighted by molar-refractivity contribution is 5.78. The van der Waals surface area contributed by atoms with Gasteiger partial charge in [-0.2, -0.15) is 0 Å². The van der Waals surface area contributed by atoms with E-state index in [0.29, 0.717) is 17.9 Å². The Balaban J connectivity index is 2.32. The van der Waals surface area contributed by atoms with Gasteiger partial charge < -0.3 is 11.1 Å². The van der Waals surface area contributed by atoms with Crippen molar-refractivity contribution in [3.05, 3.63) is 0 Å². The summed E-state index contributed by atoms with van der Waals surface area (Å²) in [6, 6.07) is 0.542. The van der Waals surface area contributed by atoms with Crippen molar-refractivity contribution >= 4 is 5.96 Å². The summed E-state index contributed by atoms with van der Waals surface area (Å²) in [4.78, 5) is 4.35. The van der Waals surface area contributed by atoms with Gasteiger partial charge in [0.2, 0.25) is 0 Å². The van der Waals surface area contributed by atoms with E-state index in [9.17, 15) is 0 Å². The van der Waals surface area contributed by atoms with Crippen molar-refractivity contribution in [2.45, 2.75) is 58.9 Å². The maximum absolute atomic E-state index is 5.88. The minimum Gasteiger partial charge on any atom is -0.370 e. The molecule has 0 aromatic rings. The van der Waals surface area contributed by atoms with Gasteiger partial charge in [-0.1, -0.05) is 33.6 Å². The Labute approximate surface area is 99.9 Å². The molecule has 0 amide bonds. The molecule has 0 aliphatic heterocycles. The lowest BCUT2D eigenvalue weighted by atomic mass is 10.0. The number of guanidine groups is 1. The molecule has 0 spiro atoms. The maximum atomic E-state index is 5.88. The molecule has 0 saturated heterocycles. The summed E-state index contributed by atoms with van der Waals surface area (Å²) in [6.07, 6.45) is 6.47. The third-order valence-corrected chi connectivity index (χ3v) is 3.24. The van der Waals surface area contributed by atoms with E-state index in [1.54, 1.807) is 0 Å². The van der Waals surface area contributed by atoms with Gasteiger partial charge in [0.25, 0.3) is 0 Å². The maximum Gasteiger partial charge on any atom is 0.188 e. The van der Waals surface area contributed by atoms with Crippen molar-refractivity contribution in [3.8, 4) is 0 Å². The molecule has 1 rings (SSSR count). The molecule has 0 radical (unpaired) electrons. The fraction of sp³-hybridized carbons (Fsp3) is 0.923. The Morgan fingerprint density at radius 1 is 1.31 bits per heavy atom. The average Bonchev–Trinajstić information content (AvgIpc) is 2.41. The molecule has 1 fully saturated rings. The molecule has 3 N–H and O–H groups in total. The first-order chi connectivity index (χ1) is 7.58.